The van der Waals surface area contributed by atoms with Gasteiger partial charge in [-0.15, -0.1) is 11.3 Å². The van der Waals surface area contributed by atoms with E-state index in [2.05, 4.69) is 65.5 Å². The summed E-state index contributed by atoms with van der Waals surface area (Å²) in [5, 5.41) is 0. The summed E-state index contributed by atoms with van der Waals surface area (Å²) in [6.45, 7) is 4.29. The second-order valence-electron chi connectivity index (χ2n) is 4.71. The maximum absolute atomic E-state index is 5.73. The second kappa shape index (κ2) is 6.66. The second-order valence-corrected chi connectivity index (χ2v) is 6.88. The van der Waals surface area contributed by atoms with E-state index in [0.29, 0.717) is 0 Å². The molecular formula is C15H19BrN2S. The van der Waals surface area contributed by atoms with E-state index >= 15 is 0 Å². The van der Waals surface area contributed by atoms with Crippen LogP contribution in [0.4, 0.5) is 0 Å². The van der Waals surface area contributed by atoms with Crippen molar-refractivity contribution in [1.29, 1.82) is 0 Å². The molecule has 102 valence electrons. The van der Waals surface area contributed by atoms with Crippen molar-refractivity contribution in [3.8, 4) is 0 Å². The first-order valence-corrected chi connectivity index (χ1v) is 8.04. The number of aryl methyl sites for hydroxylation is 2. The summed E-state index contributed by atoms with van der Waals surface area (Å²) in [6.07, 6.45) is 2.03. The van der Waals surface area contributed by atoms with E-state index in [0.717, 1.165) is 17.3 Å². The third-order valence-corrected chi connectivity index (χ3v) is 4.85. The Kier molecular flexibility index (Phi) is 5.16. The van der Waals surface area contributed by atoms with Crippen LogP contribution in [-0.2, 0) is 12.8 Å². The molecule has 1 unspecified atom stereocenters. The van der Waals surface area contributed by atoms with Crippen molar-refractivity contribution < 1.29 is 0 Å². The number of thiophene rings is 1. The normalized spacial score (nSPS) is 12.6. The van der Waals surface area contributed by atoms with E-state index in [-0.39, 0.29) is 6.04 Å². The number of nitrogens with two attached hydrogens (primary N) is 1. The SMILES string of the molecule is CCc1ccc(CC(NN)c2cc(C)cc(Br)c2)s1. The topological polar surface area (TPSA) is 38.0 Å². The van der Waals surface area contributed by atoms with E-state index in [9.17, 15) is 0 Å². The molecule has 0 amide bonds. The molecule has 4 heteroatoms. The third kappa shape index (κ3) is 3.89. The Balaban J connectivity index is 2.19. The van der Waals surface area contributed by atoms with Gasteiger partial charge in [0.15, 0.2) is 0 Å². The highest BCUT2D eigenvalue weighted by Crippen LogP contribution is 2.26. The minimum Gasteiger partial charge on any atom is -0.271 e. The predicted octanol–water partition coefficient (Wildman–Crippen LogP) is 4.13. The van der Waals surface area contributed by atoms with Crippen molar-refractivity contribution in [1.82, 2.24) is 5.43 Å². The Bertz CT molecular complexity index is 531. The van der Waals surface area contributed by atoms with Crippen LogP contribution in [0.2, 0.25) is 0 Å². The molecular weight excluding hydrogens is 320 g/mol. The summed E-state index contributed by atoms with van der Waals surface area (Å²) in [5.74, 6) is 5.73. The molecule has 0 aliphatic rings. The molecule has 0 aliphatic heterocycles. The van der Waals surface area contributed by atoms with Gasteiger partial charge in [-0.1, -0.05) is 28.9 Å². The van der Waals surface area contributed by atoms with E-state index in [4.69, 9.17) is 5.84 Å². The molecule has 2 aromatic rings. The van der Waals surface area contributed by atoms with Gasteiger partial charge >= 0.3 is 0 Å². The Morgan fingerprint density at radius 1 is 1.26 bits per heavy atom. The van der Waals surface area contributed by atoms with Crippen LogP contribution in [0.1, 0.15) is 33.8 Å². The summed E-state index contributed by atoms with van der Waals surface area (Å²) < 4.78 is 1.10. The number of hydrazine groups is 1. The van der Waals surface area contributed by atoms with Gasteiger partial charge in [0.1, 0.15) is 0 Å². The Morgan fingerprint density at radius 2 is 2.00 bits per heavy atom. The number of hydrogen-bond acceptors (Lipinski definition) is 3. The lowest BCUT2D eigenvalue weighted by molar-refractivity contribution is 0.555. The molecule has 0 spiro atoms. The first kappa shape index (κ1) is 14.7. The van der Waals surface area contributed by atoms with Crippen LogP contribution in [-0.4, -0.2) is 0 Å². The van der Waals surface area contributed by atoms with Crippen LogP contribution in [0.3, 0.4) is 0 Å². The fourth-order valence-electron chi connectivity index (χ4n) is 2.16. The number of benzene rings is 1. The van der Waals surface area contributed by atoms with Gasteiger partial charge in [0.25, 0.3) is 0 Å². The standard InChI is InChI=1S/C15H19BrN2S/c1-3-13-4-5-14(19-13)9-15(18-17)11-6-10(2)7-12(16)8-11/h4-8,15,18H,3,9,17H2,1-2H3. The fourth-order valence-corrected chi connectivity index (χ4v) is 3.79. The molecule has 1 atom stereocenters. The highest BCUT2D eigenvalue weighted by molar-refractivity contribution is 9.10. The van der Waals surface area contributed by atoms with Crippen LogP contribution in [0.5, 0.6) is 0 Å². The summed E-state index contributed by atoms with van der Waals surface area (Å²) >= 11 is 5.42. The molecule has 19 heavy (non-hydrogen) atoms. The van der Waals surface area contributed by atoms with Crippen LogP contribution >= 0.6 is 27.3 Å². The highest BCUT2D eigenvalue weighted by atomic mass is 79.9. The van der Waals surface area contributed by atoms with Crippen LogP contribution < -0.4 is 11.3 Å². The van der Waals surface area contributed by atoms with E-state index in [1.807, 2.05) is 11.3 Å². The molecule has 1 heterocycles. The van der Waals surface area contributed by atoms with Gasteiger partial charge in [-0.2, -0.15) is 0 Å². The van der Waals surface area contributed by atoms with Gasteiger partial charge in [-0.05, 0) is 48.7 Å². The highest BCUT2D eigenvalue weighted by Gasteiger charge is 2.13. The zero-order valence-electron chi connectivity index (χ0n) is 11.2. The smallest absolute Gasteiger partial charge is 0.0508 e. The molecule has 1 aromatic heterocycles. The first-order valence-electron chi connectivity index (χ1n) is 6.43. The maximum Gasteiger partial charge on any atom is 0.0508 e. The third-order valence-electron chi connectivity index (χ3n) is 3.14. The summed E-state index contributed by atoms with van der Waals surface area (Å²) in [6, 6.07) is 11.0. The lowest BCUT2D eigenvalue weighted by Crippen LogP contribution is -2.29. The van der Waals surface area contributed by atoms with Crippen molar-refractivity contribution in [2.75, 3.05) is 0 Å². The van der Waals surface area contributed by atoms with Gasteiger partial charge in [0, 0.05) is 20.6 Å². The average molecular weight is 339 g/mol. The average Bonchev–Trinajstić information content (AvgIpc) is 2.82. The Labute approximate surface area is 127 Å². The zero-order valence-corrected chi connectivity index (χ0v) is 13.6. The van der Waals surface area contributed by atoms with Gasteiger partial charge < -0.3 is 0 Å². The Morgan fingerprint density at radius 3 is 2.58 bits per heavy atom. The van der Waals surface area contributed by atoms with Crippen LogP contribution in [0.15, 0.2) is 34.8 Å². The van der Waals surface area contributed by atoms with Gasteiger partial charge in [-0.25, -0.2) is 0 Å². The molecule has 3 N–H and O–H groups in total. The Hall–Kier alpha value is -0.680. The molecule has 1 aromatic carbocycles. The number of halogens is 1. The van der Waals surface area contributed by atoms with Crippen molar-refractivity contribution in [2.45, 2.75) is 32.7 Å². The largest absolute Gasteiger partial charge is 0.271 e. The maximum atomic E-state index is 5.73. The van der Waals surface area contributed by atoms with Crippen LogP contribution in [0.25, 0.3) is 0 Å². The fraction of sp³-hybridized carbons (Fsp3) is 0.333. The lowest BCUT2D eigenvalue weighted by Gasteiger charge is -2.16. The molecule has 2 nitrogen and oxygen atoms in total. The monoisotopic (exact) mass is 338 g/mol. The van der Waals surface area contributed by atoms with Gasteiger partial charge in [-0.3, -0.25) is 11.3 Å². The lowest BCUT2D eigenvalue weighted by atomic mass is 10.0. The van der Waals surface area contributed by atoms with Crippen molar-refractivity contribution in [2.24, 2.45) is 5.84 Å². The zero-order chi connectivity index (χ0) is 13.8. The van der Waals surface area contributed by atoms with Crippen molar-refractivity contribution in [3.05, 3.63) is 55.7 Å². The van der Waals surface area contributed by atoms with E-state index in [1.54, 1.807) is 0 Å². The molecule has 0 saturated carbocycles. The summed E-state index contributed by atoms with van der Waals surface area (Å²) in [5.41, 5.74) is 5.40. The molecule has 0 saturated heterocycles. The predicted molar refractivity (Wildman–Crippen MR) is 86.3 cm³/mol. The number of nitrogens with one attached hydrogen (secondary N) is 1. The molecule has 0 bridgehead atoms. The molecule has 0 aliphatic carbocycles. The van der Waals surface area contributed by atoms with E-state index < -0.39 is 0 Å². The number of hydrogen-bond donors (Lipinski definition) is 2. The number of rotatable bonds is 5. The first-order chi connectivity index (χ1) is 9.12. The summed E-state index contributed by atoms with van der Waals surface area (Å²) in [4.78, 5) is 2.80. The van der Waals surface area contributed by atoms with Crippen molar-refractivity contribution >= 4 is 27.3 Å². The molecule has 0 radical (unpaired) electrons. The molecule has 0 fully saturated rings. The molecule has 2 rings (SSSR count). The summed E-state index contributed by atoms with van der Waals surface area (Å²) in [7, 11) is 0. The van der Waals surface area contributed by atoms with Gasteiger partial charge in [0.05, 0.1) is 6.04 Å². The van der Waals surface area contributed by atoms with E-state index in [1.165, 1.54) is 20.9 Å². The van der Waals surface area contributed by atoms with Crippen molar-refractivity contribution in [3.63, 3.8) is 0 Å². The quantitative estimate of drug-likeness (QED) is 0.635. The van der Waals surface area contributed by atoms with Crippen LogP contribution in [0, 0.1) is 6.92 Å². The minimum atomic E-state index is 0.152. The minimum absolute atomic E-state index is 0.152. The van der Waals surface area contributed by atoms with Gasteiger partial charge in [0.2, 0.25) is 0 Å².